The van der Waals surface area contributed by atoms with Gasteiger partial charge in [-0.15, -0.1) is 11.3 Å². The number of hydrazine groups is 1. The number of fused-ring (bicyclic) bond motifs is 1. The third-order valence-corrected chi connectivity index (χ3v) is 4.63. The molecule has 0 spiro atoms. The van der Waals surface area contributed by atoms with Crippen LogP contribution in [0.15, 0.2) is 36.4 Å². The molecule has 3 rings (SSSR count). The van der Waals surface area contributed by atoms with Crippen molar-refractivity contribution in [2.75, 3.05) is 0 Å². The Hall–Kier alpha value is -1.16. The Balaban J connectivity index is 1.90. The molecule has 1 aromatic carbocycles. The quantitative estimate of drug-likeness (QED) is 0.643. The van der Waals surface area contributed by atoms with E-state index >= 15 is 0 Å². The first-order chi connectivity index (χ1) is 8.29. The van der Waals surface area contributed by atoms with Gasteiger partial charge in [-0.25, -0.2) is 0 Å². The molecule has 2 unspecified atom stereocenters. The number of nitrogens with two attached hydrogens (primary N) is 1. The van der Waals surface area contributed by atoms with Crippen molar-refractivity contribution in [3.05, 3.63) is 57.3 Å². The minimum Gasteiger partial charge on any atom is -0.271 e. The van der Waals surface area contributed by atoms with Crippen LogP contribution in [0, 0.1) is 6.92 Å². The lowest BCUT2D eigenvalue weighted by atomic mass is 9.73. The Bertz CT molecular complexity index is 533. The number of hydrogen-bond acceptors (Lipinski definition) is 3. The highest BCUT2D eigenvalue weighted by atomic mass is 32.1. The van der Waals surface area contributed by atoms with E-state index in [-0.39, 0.29) is 6.04 Å². The predicted molar refractivity (Wildman–Crippen MR) is 72.0 cm³/mol. The Morgan fingerprint density at radius 1 is 1.29 bits per heavy atom. The fourth-order valence-electron chi connectivity index (χ4n) is 2.61. The third kappa shape index (κ3) is 1.80. The number of benzene rings is 1. The van der Waals surface area contributed by atoms with E-state index in [0.717, 1.165) is 6.42 Å². The van der Waals surface area contributed by atoms with Gasteiger partial charge in [-0.1, -0.05) is 24.3 Å². The number of nitrogens with one attached hydrogen (secondary N) is 1. The first kappa shape index (κ1) is 11.0. The molecule has 1 aliphatic rings. The molecule has 2 aromatic rings. The summed E-state index contributed by atoms with van der Waals surface area (Å²) < 4.78 is 0. The van der Waals surface area contributed by atoms with Crippen molar-refractivity contribution < 1.29 is 0 Å². The van der Waals surface area contributed by atoms with Crippen LogP contribution in [0.1, 0.15) is 32.8 Å². The highest BCUT2D eigenvalue weighted by Crippen LogP contribution is 2.44. The molecule has 0 fully saturated rings. The zero-order chi connectivity index (χ0) is 11.8. The monoisotopic (exact) mass is 244 g/mol. The van der Waals surface area contributed by atoms with Gasteiger partial charge in [0.25, 0.3) is 0 Å². The van der Waals surface area contributed by atoms with E-state index < -0.39 is 0 Å². The summed E-state index contributed by atoms with van der Waals surface area (Å²) in [6, 6.07) is 13.2. The lowest BCUT2D eigenvalue weighted by molar-refractivity contribution is 0.425. The molecule has 0 aliphatic heterocycles. The van der Waals surface area contributed by atoms with E-state index in [2.05, 4.69) is 48.7 Å². The normalized spacial score (nSPS) is 19.5. The number of rotatable bonds is 3. The van der Waals surface area contributed by atoms with Crippen LogP contribution in [-0.2, 0) is 6.42 Å². The zero-order valence-electron chi connectivity index (χ0n) is 9.81. The van der Waals surface area contributed by atoms with Gasteiger partial charge in [0, 0.05) is 15.7 Å². The van der Waals surface area contributed by atoms with Gasteiger partial charge in [0.1, 0.15) is 0 Å². The Kier molecular flexibility index (Phi) is 2.74. The van der Waals surface area contributed by atoms with Gasteiger partial charge in [0.05, 0.1) is 6.04 Å². The summed E-state index contributed by atoms with van der Waals surface area (Å²) in [6.07, 6.45) is 1.13. The smallest absolute Gasteiger partial charge is 0.0625 e. The maximum Gasteiger partial charge on any atom is 0.0625 e. The van der Waals surface area contributed by atoms with Crippen LogP contribution in [0.2, 0.25) is 0 Å². The lowest BCUT2D eigenvalue weighted by Gasteiger charge is -2.35. The Morgan fingerprint density at radius 2 is 2.12 bits per heavy atom. The number of thiophene rings is 1. The van der Waals surface area contributed by atoms with E-state index in [1.807, 2.05) is 11.3 Å². The molecule has 1 aromatic heterocycles. The minimum absolute atomic E-state index is 0.253. The largest absolute Gasteiger partial charge is 0.271 e. The molecule has 0 radical (unpaired) electrons. The molecule has 17 heavy (non-hydrogen) atoms. The molecule has 0 saturated heterocycles. The first-order valence-electron chi connectivity index (χ1n) is 5.90. The summed E-state index contributed by atoms with van der Waals surface area (Å²) in [5.41, 5.74) is 5.89. The van der Waals surface area contributed by atoms with Crippen molar-refractivity contribution in [1.29, 1.82) is 0 Å². The van der Waals surface area contributed by atoms with Gasteiger partial charge in [-0.05, 0) is 36.6 Å². The third-order valence-electron chi connectivity index (χ3n) is 3.54. The fourth-order valence-corrected chi connectivity index (χ4v) is 3.62. The van der Waals surface area contributed by atoms with Crippen LogP contribution in [0.4, 0.5) is 0 Å². The Labute approximate surface area is 105 Å². The van der Waals surface area contributed by atoms with Gasteiger partial charge in [-0.2, -0.15) is 0 Å². The van der Waals surface area contributed by atoms with Crippen LogP contribution in [0.25, 0.3) is 0 Å². The summed E-state index contributed by atoms with van der Waals surface area (Å²) in [4.78, 5) is 2.68. The maximum atomic E-state index is 5.74. The molecule has 3 heteroatoms. The summed E-state index contributed by atoms with van der Waals surface area (Å²) in [5, 5.41) is 0. The molecule has 2 nitrogen and oxygen atoms in total. The summed E-state index contributed by atoms with van der Waals surface area (Å²) >= 11 is 1.83. The van der Waals surface area contributed by atoms with E-state index in [9.17, 15) is 0 Å². The number of aryl methyl sites for hydroxylation is 1. The van der Waals surface area contributed by atoms with Gasteiger partial charge >= 0.3 is 0 Å². The van der Waals surface area contributed by atoms with E-state index in [0.29, 0.717) is 5.92 Å². The van der Waals surface area contributed by atoms with Crippen molar-refractivity contribution in [2.45, 2.75) is 25.3 Å². The van der Waals surface area contributed by atoms with Gasteiger partial charge < -0.3 is 0 Å². The molecular formula is C14H16N2S. The molecular weight excluding hydrogens is 228 g/mol. The van der Waals surface area contributed by atoms with E-state index in [4.69, 9.17) is 5.84 Å². The SMILES string of the molecule is Cc1ccc(C(NN)C2Cc3ccccc32)s1. The second kappa shape index (κ2) is 4.26. The molecule has 0 saturated carbocycles. The molecule has 88 valence electrons. The first-order valence-corrected chi connectivity index (χ1v) is 6.71. The van der Waals surface area contributed by atoms with Gasteiger partial charge in [0.2, 0.25) is 0 Å². The molecule has 2 atom stereocenters. The van der Waals surface area contributed by atoms with Gasteiger partial charge in [0.15, 0.2) is 0 Å². The number of hydrogen-bond donors (Lipinski definition) is 2. The topological polar surface area (TPSA) is 38.0 Å². The molecule has 1 heterocycles. The predicted octanol–water partition coefficient (Wildman–Crippen LogP) is 2.90. The van der Waals surface area contributed by atoms with E-state index in [1.54, 1.807) is 0 Å². The van der Waals surface area contributed by atoms with Crippen LogP contribution in [0.3, 0.4) is 0 Å². The summed E-state index contributed by atoms with van der Waals surface area (Å²) in [5.74, 6) is 6.26. The van der Waals surface area contributed by atoms with Crippen molar-refractivity contribution >= 4 is 11.3 Å². The maximum absolute atomic E-state index is 5.74. The molecule has 1 aliphatic carbocycles. The highest BCUT2D eigenvalue weighted by molar-refractivity contribution is 7.12. The average Bonchev–Trinajstić information content (AvgIpc) is 2.72. The van der Waals surface area contributed by atoms with Crippen molar-refractivity contribution in [3.8, 4) is 0 Å². The second-order valence-electron chi connectivity index (χ2n) is 4.60. The standard InChI is InChI=1S/C14H16N2S/c1-9-6-7-13(17-9)14(16-15)12-8-10-4-2-3-5-11(10)12/h2-7,12,14,16H,8,15H2,1H3. The molecule has 3 N–H and O–H groups in total. The van der Waals surface area contributed by atoms with Crippen molar-refractivity contribution in [2.24, 2.45) is 5.84 Å². The van der Waals surface area contributed by atoms with Crippen LogP contribution >= 0.6 is 11.3 Å². The minimum atomic E-state index is 0.253. The zero-order valence-corrected chi connectivity index (χ0v) is 10.6. The van der Waals surface area contributed by atoms with Crippen molar-refractivity contribution in [3.63, 3.8) is 0 Å². The van der Waals surface area contributed by atoms with Crippen LogP contribution in [-0.4, -0.2) is 0 Å². The summed E-state index contributed by atoms with van der Waals surface area (Å²) in [6.45, 7) is 2.14. The lowest BCUT2D eigenvalue weighted by Crippen LogP contribution is -2.36. The van der Waals surface area contributed by atoms with Gasteiger partial charge in [-0.3, -0.25) is 11.3 Å². The van der Waals surface area contributed by atoms with Crippen LogP contribution in [0.5, 0.6) is 0 Å². The van der Waals surface area contributed by atoms with E-state index in [1.165, 1.54) is 20.9 Å². The van der Waals surface area contributed by atoms with Crippen LogP contribution < -0.4 is 11.3 Å². The fraction of sp³-hybridized carbons (Fsp3) is 0.286. The second-order valence-corrected chi connectivity index (χ2v) is 5.92. The molecule has 0 amide bonds. The Morgan fingerprint density at radius 3 is 2.76 bits per heavy atom. The van der Waals surface area contributed by atoms with Crippen molar-refractivity contribution in [1.82, 2.24) is 5.43 Å². The molecule has 0 bridgehead atoms. The summed E-state index contributed by atoms with van der Waals surface area (Å²) in [7, 11) is 0. The average molecular weight is 244 g/mol. The highest BCUT2D eigenvalue weighted by Gasteiger charge is 2.33.